The molecule has 8 nitrogen and oxygen atoms in total. The van der Waals surface area contributed by atoms with E-state index in [-0.39, 0.29) is 0 Å². The molecule has 0 saturated carbocycles. The summed E-state index contributed by atoms with van der Waals surface area (Å²) in [4.78, 5) is 6.69. The van der Waals surface area contributed by atoms with Gasteiger partial charge in [-0.1, -0.05) is 17.7 Å². The molecule has 3 heterocycles. The molecule has 0 spiro atoms. The number of piperazine rings is 1. The summed E-state index contributed by atoms with van der Waals surface area (Å²) in [5.41, 5.74) is 2.94. The average Bonchev–Trinajstić information content (AvgIpc) is 2.74. The molecular formula is C22H26N6O2S. The monoisotopic (exact) mass is 438 g/mol. The summed E-state index contributed by atoms with van der Waals surface area (Å²) in [6, 6.07) is 13.1. The molecule has 1 N–H and O–H groups in total. The van der Waals surface area contributed by atoms with Gasteiger partial charge < -0.3 is 10.2 Å². The van der Waals surface area contributed by atoms with Crippen LogP contribution in [0.5, 0.6) is 0 Å². The minimum absolute atomic E-state index is 0.381. The van der Waals surface area contributed by atoms with E-state index in [1.54, 1.807) is 16.6 Å². The van der Waals surface area contributed by atoms with Crippen molar-refractivity contribution in [1.82, 2.24) is 19.5 Å². The molecule has 4 rings (SSSR count). The molecule has 1 aliphatic rings. The van der Waals surface area contributed by atoms with Gasteiger partial charge in [-0.25, -0.2) is 13.4 Å². The molecule has 2 aromatic heterocycles. The van der Waals surface area contributed by atoms with E-state index in [0.29, 0.717) is 42.7 Å². The summed E-state index contributed by atoms with van der Waals surface area (Å²) in [5, 5.41) is 11.7. The molecule has 0 unspecified atom stereocenters. The van der Waals surface area contributed by atoms with Crippen LogP contribution in [0.2, 0.25) is 0 Å². The van der Waals surface area contributed by atoms with Gasteiger partial charge in [-0.05, 0) is 62.2 Å². The zero-order chi connectivity index (χ0) is 22.0. The SMILES string of the molecule is Cc1ccnc(Nc2ccc(N3CCN(S(=O)(=O)c4ccc(C)cc4C)CC3)nn2)c1. The van der Waals surface area contributed by atoms with Crippen LogP contribution < -0.4 is 10.2 Å². The second kappa shape index (κ2) is 8.60. The highest BCUT2D eigenvalue weighted by molar-refractivity contribution is 7.89. The Morgan fingerprint density at radius 3 is 2.23 bits per heavy atom. The Kier molecular flexibility index (Phi) is 5.88. The lowest BCUT2D eigenvalue weighted by atomic mass is 10.2. The van der Waals surface area contributed by atoms with E-state index >= 15 is 0 Å². The molecule has 0 amide bonds. The van der Waals surface area contributed by atoms with E-state index in [1.807, 2.05) is 57.2 Å². The van der Waals surface area contributed by atoms with Gasteiger partial charge in [0.05, 0.1) is 4.90 Å². The Morgan fingerprint density at radius 2 is 1.58 bits per heavy atom. The topological polar surface area (TPSA) is 91.3 Å². The molecule has 31 heavy (non-hydrogen) atoms. The molecule has 0 atom stereocenters. The van der Waals surface area contributed by atoms with Crippen molar-refractivity contribution in [2.45, 2.75) is 25.7 Å². The van der Waals surface area contributed by atoms with E-state index in [1.165, 1.54) is 0 Å². The Balaban J connectivity index is 1.40. The highest BCUT2D eigenvalue weighted by atomic mass is 32.2. The van der Waals surface area contributed by atoms with Gasteiger partial charge in [0.1, 0.15) is 5.82 Å². The fraction of sp³-hybridized carbons (Fsp3) is 0.318. The summed E-state index contributed by atoms with van der Waals surface area (Å²) in [7, 11) is -3.51. The van der Waals surface area contributed by atoms with Gasteiger partial charge in [0, 0.05) is 32.4 Å². The number of anilines is 3. The highest BCUT2D eigenvalue weighted by Crippen LogP contribution is 2.23. The number of aromatic nitrogens is 3. The van der Waals surface area contributed by atoms with Crippen LogP contribution in [-0.2, 0) is 10.0 Å². The predicted octanol–water partition coefficient (Wildman–Crippen LogP) is 3.05. The molecule has 0 aliphatic carbocycles. The Hall–Kier alpha value is -3.04. The van der Waals surface area contributed by atoms with Crippen LogP contribution in [0.15, 0.2) is 53.6 Å². The molecule has 1 saturated heterocycles. The zero-order valence-electron chi connectivity index (χ0n) is 17.9. The van der Waals surface area contributed by atoms with Crippen molar-refractivity contribution in [3.8, 4) is 0 Å². The van der Waals surface area contributed by atoms with Crippen LogP contribution in [0, 0.1) is 20.8 Å². The van der Waals surface area contributed by atoms with Crippen LogP contribution >= 0.6 is 0 Å². The van der Waals surface area contributed by atoms with Gasteiger partial charge in [-0.3, -0.25) is 0 Å². The number of benzene rings is 1. The molecule has 0 radical (unpaired) electrons. The summed E-state index contributed by atoms with van der Waals surface area (Å²) in [6.45, 7) is 7.74. The summed E-state index contributed by atoms with van der Waals surface area (Å²) in [5.74, 6) is 2.05. The van der Waals surface area contributed by atoms with E-state index in [0.717, 1.165) is 22.5 Å². The van der Waals surface area contributed by atoms with Crippen molar-refractivity contribution in [2.75, 3.05) is 36.4 Å². The molecule has 1 aromatic carbocycles. The largest absolute Gasteiger partial charge is 0.352 e. The Labute approximate surface area is 183 Å². The van der Waals surface area contributed by atoms with E-state index < -0.39 is 10.0 Å². The smallest absolute Gasteiger partial charge is 0.243 e. The van der Waals surface area contributed by atoms with Crippen molar-refractivity contribution >= 4 is 27.5 Å². The van der Waals surface area contributed by atoms with E-state index in [9.17, 15) is 8.42 Å². The second-order valence-corrected chi connectivity index (χ2v) is 9.69. The molecule has 9 heteroatoms. The standard InChI is InChI=1S/C22H26N6O2S/c1-16-4-5-19(18(3)14-16)31(29,30)28-12-10-27(11-13-28)22-7-6-20(25-26-22)24-21-15-17(2)8-9-23-21/h4-9,14-15H,10-13H2,1-3H3,(H,23,24,25). The van der Waals surface area contributed by atoms with Crippen molar-refractivity contribution < 1.29 is 8.42 Å². The number of sulfonamides is 1. The van der Waals surface area contributed by atoms with Crippen LogP contribution in [0.1, 0.15) is 16.7 Å². The van der Waals surface area contributed by atoms with Crippen molar-refractivity contribution in [3.05, 3.63) is 65.4 Å². The highest BCUT2D eigenvalue weighted by Gasteiger charge is 2.30. The van der Waals surface area contributed by atoms with Gasteiger partial charge >= 0.3 is 0 Å². The maximum Gasteiger partial charge on any atom is 0.243 e. The number of pyridine rings is 1. The zero-order valence-corrected chi connectivity index (χ0v) is 18.7. The molecule has 3 aromatic rings. The van der Waals surface area contributed by atoms with Crippen LogP contribution in [0.25, 0.3) is 0 Å². The van der Waals surface area contributed by atoms with E-state index in [4.69, 9.17) is 0 Å². The maximum atomic E-state index is 13.1. The van der Waals surface area contributed by atoms with Gasteiger partial charge in [-0.15, -0.1) is 10.2 Å². The van der Waals surface area contributed by atoms with Crippen molar-refractivity contribution in [1.29, 1.82) is 0 Å². The maximum absolute atomic E-state index is 13.1. The third-order valence-corrected chi connectivity index (χ3v) is 7.39. The number of aryl methyl sites for hydroxylation is 3. The van der Waals surface area contributed by atoms with E-state index in [2.05, 4.69) is 25.4 Å². The molecule has 162 valence electrons. The molecule has 1 aliphatic heterocycles. The van der Waals surface area contributed by atoms with Crippen LogP contribution in [0.3, 0.4) is 0 Å². The third kappa shape index (κ3) is 4.67. The van der Waals surface area contributed by atoms with Crippen molar-refractivity contribution in [2.24, 2.45) is 0 Å². The van der Waals surface area contributed by atoms with Gasteiger partial charge in [0.25, 0.3) is 0 Å². The molecule has 1 fully saturated rings. The first kappa shape index (κ1) is 21.2. The van der Waals surface area contributed by atoms with Gasteiger partial charge in [0.2, 0.25) is 10.0 Å². The first-order valence-corrected chi connectivity index (χ1v) is 11.6. The normalized spacial score (nSPS) is 15.1. The number of nitrogens with one attached hydrogen (secondary N) is 1. The van der Waals surface area contributed by atoms with Gasteiger partial charge in [0.15, 0.2) is 11.6 Å². The van der Waals surface area contributed by atoms with Crippen molar-refractivity contribution in [3.63, 3.8) is 0 Å². The quantitative estimate of drug-likeness (QED) is 0.655. The minimum atomic E-state index is -3.51. The Bertz CT molecular complexity index is 1170. The number of hydrogen-bond acceptors (Lipinski definition) is 7. The fourth-order valence-electron chi connectivity index (χ4n) is 3.68. The fourth-order valence-corrected chi connectivity index (χ4v) is 5.31. The predicted molar refractivity (Wildman–Crippen MR) is 121 cm³/mol. The molecular weight excluding hydrogens is 412 g/mol. The lowest BCUT2D eigenvalue weighted by Gasteiger charge is -2.34. The Morgan fingerprint density at radius 1 is 0.839 bits per heavy atom. The van der Waals surface area contributed by atoms with Crippen LogP contribution in [0.4, 0.5) is 17.5 Å². The summed E-state index contributed by atoms with van der Waals surface area (Å²) >= 11 is 0. The first-order chi connectivity index (χ1) is 14.8. The van der Waals surface area contributed by atoms with Gasteiger partial charge in [-0.2, -0.15) is 4.31 Å². The number of nitrogens with zero attached hydrogens (tertiary/aromatic N) is 5. The number of hydrogen-bond donors (Lipinski definition) is 1. The van der Waals surface area contributed by atoms with Crippen LogP contribution in [-0.4, -0.2) is 54.1 Å². The molecule has 0 bridgehead atoms. The number of rotatable bonds is 5. The minimum Gasteiger partial charge on any atom is -0.352 e. The third-order valence-electron chi connectivity index (χ3n) is 5.33. The first-order valence-electron chi connectivity index (χ1n) is 10.2. The summed E-state index contributed by atoms with van der Waals surface area (Å²) in [6.07, 6.45) is 1.74. The lowest BCUT2D eigenvalue weighted by molar-refractivity contribution is 0.383. The summed E-state index contributed by atoms with van der Waals surface area (Å²) < 4.78 is 27.7. The second-order valence-electron chi connectivity index (χ2n) is 7.78. The lowest BCUT2D eigenvalue weighted by Crippen LogP contribution is -2.49. The average molecular weight is 439 g/mol.